The van der Waals surface area contributed by atoms with Gasteiger partial charge in [0, 0.05) is 18.0 Å². The Labute approximate surface area is 117 Å². The van der Waals surface area contributed by atoms with Crippen LogP contribution in [-0.2, 0) is 6.61 Å². The molecule has 1 heterocycles. The van der Waals surface area contributed by atoms with Gasteiger partial charge >= 0.3 is 0 Å². The second kappa shape index (κ2) is 6.55. The molecule has 1 aromatic carbocycles. The van der Waals surface area contributed by atoms with Gasteiger partial charge in [-0.3, -0.25) is 4.98 Å². The summed E-state index contributed by atoms with van der Waals surface area (Å²) in [5, 5.41) is 10.3. The quantitative estimate of drug-likeness (QED) is 0.905. The minimum Gasteiger partial charge on any atom is -0.489 e. The molecule has 3 nitrogen and oxygen atoms in total. The van der Waals surface area contributed by atoms with Crippen LogP contribution in [0.4, 0.5) is 0 Å². The fourth-order valence-corrected chi connectivity index (χ4v) is 1.88. The van der Waals surface area contributed by atoms with Gasteiger partial charge in [0.05, 0.1) is 11.1 Å². The molecule has 19 heavy (non-hydrogen) atoms. The number of aliphatic hydroxyl groups is 1. The highest BCUT2D eigenvalue weighted by Gasteiger charge is 2.05. The molecule has 0 aliphatic heterocycles. The lowest BCUT2D eigenvalue weighted by Gasteiger charge is -2.10. The SMILES string of the molecule is CCC(O)c1ccc(OCc2ccncc2Cl)cc1. The van der Waals surface area contributed by atoms with Gasteiger partial charge in [-0.2, -0.15) is 0 Å². The highest BCUT2D eigenvalue weighted by atomic mass is 35.5. The third-order valence-electron chi connectivity index (χ3n) is 2.90. The van der Waals surface area contributed by atoms with Crippen LogP contribution in [0.2, 0.25) is 5.02 Å². The van der Waals surface area contributed by atoms with Crippen LogP contribution in [0.3, 0.4) is 0 Å². The Balaban J connectivity index is 1.99. The Morgan fingerprint density at radius 3 is 2.63 bits per heavy atom. The van der Waals surface area contributed by atoms with E-state index in [1.54, 1.807) is 12.4 Å². The van der Waals surface area contributed by atoms with Crippen molar-refractivity contribution in [1.82, 2.24) is 4.98 Å². The van der Waals surface area contributed by atoms with Gasteiger partial charge < -0.3 is 9.84 Å². The molecule has 1 atom stereocenters. The fourth-order valence-electron chi connectivity index (χ4n) is 1.70. The van der Waals surface area contributed by atoms with Crippen molar-refractivity contribution in [3.63, 3.8) is 0 Å². The largest absolute Gasteiger partial charge is 0.489 e. The minimum atomic E-state index is -0.413. The van der Waals surface area contributed by atoms with E-state index in [1.165, 1.54) is 0 Å². The molecule has 0 radical (unpaired) electrons. The van der Waals surface area contributed by atoms with Crippen LogP contribution in [0.1, 0.15) is 30.6 Å². The summed E-state index contributed by atoms with van der Waals surface area (Å²) < 4.78 is 5.65. The number of aliphatic hydroxyl groups excluding tert-OH is 1. The molecule has 0 fully saturated rings. The van der Waals surface area contributed by atoms with Gasteiger partial charge in [0.2, 0.25) is 0 Å². The maximum Gasteiger partial charge on any atom is 0.119 e. The molecule has 1 aromatic heterocycles. The number of halogens is 1. The number of pyridine rings is 1. The molecule has 1 N–H and O–H groups in total. The maximum atomic E-state index is 9.70. The van der Waals surface area contributed by atoms with Crippen LogP contribution < -0.4 is 4.74 Å². The average Bonchev–Trinajstić information content (AvgIpc) is 2.46. The standard InChI is InChI=1S/C15H16ClNO2/c1-2-15(18)11-3-5-13(6-4-11)19-10-12-7-8-17-9-14(12)16/h3-9,15,18H,2,10H2,1H3. The first-order valence-electron chi connectivity index (χ1n) is 6.20. The summed E-state index contributed by atoms with van der Waals surface area (Å²) in [6.07, 6.45) is 3.57. The normalized spacial score (nSPS) is 12.2. The zero-order valence-electron chi connectivity index (χ0n) is 10.7. The lowest BCUT2D eigenvalue weighted by atomic mass is 10.1. The molecule has 2 aromatic rings. The highest BCUT2D eigenvalue weighted by Crippen LogP contribution is 2.21. The summed E-state index contributed by atoms with van der Waals surface area (Å²) >= 11 is 6.00. The molecule has 4 heteroatoms. The third kappa shape index (κ3) is 3.69. The molecule has 2 rings (SSSR count). The number of nitrogens with zero attached hydrogens (tertiary/aromatic N) is 1. The van der Waals surface area contributed by atoms with Crippen LogP contribution in [0, 0.1) is 0 Å². The Morgan fingerprint density at radius 2 is 2.00 bits per heavy atom. The molecular weight excluding hydrogens is 262 g/mol. The summed E-state index contributed by atoms with van der Waals surface area (Å²) in [7, 11) is 0. The van der Waals surface area contributed by atoms with Crippen molar-refractivity contribution in [3.05, 3.63) is 58.9 Å². The van der Waals surface area contributed by atoms with E-state index in [0.717, 1.165) is 16.9 Å². The van der Waals surface area contributed by atoms with Crippen molar-refractivity contribution in [2.75, 3.05) is 0 Å². The monoisotopic (exact) mass is 277 g/mol. The topological polar surface area (TPSA) is 42.4 Å². The van der Waals surface area contributed by atoms with Crippen molar-refractivity contribution >= 4 is 11.6 Å². The van der Waals surface area contributed by atoms with E-state index in [4.69, 9.17) is 16.3 Å². The summed E-state index contributed by atoms with van der Waals surface area (Å²) in [6, 6.07) is 9.28. The summed E-state index contributed by atoms with van der Waals surface area (Å²) in [6.45, 7) is 2.34. The Hall–Kier alpha value is -1.58. The van der Waals surface area contributed by atoms with E-state index in [9.17, 15) is 5.11 Å². The first kappa shape index (κ1) is 13.8. The fraction of sp³-hybridized carbons (Fsp3) is 0.267. The number of ether oxygens (including phenoxy) is 1. The van der Waals surface area contributed by atoms with Gasteiger partial charge in [0.1, 0.15) is 12.4 Å². The van der Waals surface area contributed by atoms with Crippen LogP contribution >= 0.6 is 11.6 Å². The number of benzene rings is 1. The van der Waals surface area contributed by atoms with Gasteiger partial charge in [0.15, 0.2) is 0 Å². The van der Waals surface area contributed by atoms with E-state index >= 15 is 0 Å². The van der Waals surface area contributed by atoms with Crippen molar-refractivity contribution in [2.24, 2.45) is 0 Å². The number of hydrogen-bond donors (Lipinski definition) is 1. The minimum absolute atomic E-state index is 0.400. The second-order valence-corrected chi connectivity index (χ2v) is 4.66. The molecule has 0 saturated heterocycles. The highest BCUT2D eigenvalue weighted by molar-refractivity contribution is 6.31. The van der Waals surface area contributed by atoms with E-state index in [1.807, 2.05) is 37.3 Å². The maximum absolute atomic E-state index is 9.70. The zero-order chi connectivity index (χ0) is 13.7. The van der Waals surface area contributed by atoms with Crippen LogP contribution in [-0.4, -0.2) is 10.1 Å². The lowest BCUT2D eigenvalue weighted by Crippen LogP contribution is -1.98. The van der Waals surface area contributed by atoms with Crippen molar-refractivity contribution in [1.29, 1.82) is 0 Å². The van der Waals surface area contributed by atoms with Gasteiger partial charge in [-0.15, -0.1) is 0 Å². The van der Waals surface area contributed by atoms with E-state index < -0.39 is 6.10 Å². The van der Waals surface area contributed by atoms with Crippen LogP contribution in [0.25, 0.3) is 0 Å². The van der Waals surface area contributed by atoms with Crippen molar-refractivity contribution in [3.8, 4) is 5.75 Å². The van der Waals surface area contributed by atoms with E-state index in [0.29, 0.717) is 18.1 Å². The van der Waals surface area contributed by atoms with Gasteiger partial charge in [-0.05, 0) is 30.2 Å². The molecule has 0 spiro atoms. The van der Waals surface area contributed by atoms with Gasteiger partial charge in [0.25, 0.3) is 0 Å². The predicted molar refractivity (Wildman–Crippen MR) is 75.3 cm³/mol. The van der Waals surface area contributed by atoms with Crippen molar-refractivity contribution < 1.29 is 9.84 Å². The van der Waals surface area contributed by atoms with Crippen LogP contribution in [0.15, 0.2) is 42.7 Å². The van der Waals surface area contributed by atoms with Gasteiger partial charge in [-0.25, -0.2) is 0 Å². The summed E-state index contributed by atoms with van der Waals surface area (Å²) in [5.41, 5.74) is 1.80. The molecule has 0 saturated carbocycles. The van der Waals surface area contributed by atoms with Crippen LogP contribution in [0.5, 0.6) is 5.75 Å². The number of rotatable bonds is 5. The van der Waals surface area contributed by atoms with Crippen molar-refractivity contribution in [2.45, 2.75) is 26.1 Å². The average molecular weight is 278 g/mol. The molecule has 0 aliphatic carbocycles. The molecule has 0 aliphatic rings. The van der Waals surface area contributed by atoms with E-state index in [2.05, 4.69) is 4.98 Å². The Morgan fingerprint density at radius 1 is 1.26 bits per heavy atom. The lowest BCUT2D eigenvalue weighted by molar-refractivity contribution is 0.173. The Bertz CT molecular complexity index is 528. The summed E-state index contributed by atoms with van der Waals surface area (Å²) in [4.78, 5) is 3.93. The molecule has 100 valence electrons. The summed E-state index contributed by atoms with van der Waals surface area (Å²) in [5.74, 6) is 0.750. The first-order valence-corrected chi connectivity index (χ1v) is 6.57. The Kier molecular flexibility index (Phi) is 4.77. The predicted octanol–water partition coefficient (Wildman–Crippen LogP) is 3.76. The number of aromatic nitrogens is 1. The number of hydrogen-bond acceptors (Lipinski definition) is 3. The third-order valence-corrected chi connectivity index (χ3v) is 3.24. The smallest absolute Gasteiger partial charge is 0.119 e. The molecule has 1 unspecified atom stereocenters. The molecule has 0 bridgehead atoms. The second-order valence-electron chi connectivity index (χ2n) is 4.25. The molecular formula is C15H16ClNO2. The zero-order valence-corrected chi connectivity index (χ0v) is 11.5. The molecule has 0 amide bonds. The first-order chi connectivity index (χ1) is 9.20. The van der Waals surface area contributed by atoms with E-state index in [-0.39, 0.29) is 0 Å². The van der Waals surface area contributed by atoms with Gasteiger partial charge in [-0.1, -0.05) is 30.7 Å².